The molecular weight excluding hydrogens is 416 g/mol. The van der Waals surface area contributed by atoms with Gasteiger partial charge in [0.15, 0.2) is 0 Å². The van der Waals surface area contributed by atoms with Crippen LogP contribution < -0.4 is 4.72 Å². The highest BCUT2D eigenvalue weighted by atomic mass is 35.5. The van der Waals surface area contributed by atoms with Crippen molar-refractivity contribution in [2.24, 2.45) is 0 Å². The summed E-state index contributed by atoms with van der Waals surface area (Å²) in [6.07, 6.45) is 0. The molecule has 1 fully saturated rings. The summed E-state index contributed by atoms with van der Waals surface area (Å²) in [5, 5.41) is 0.131. The van der Waals surface area contributed by atoms with Gasteiger partial charge in [-0.25, -0.2) is 17.9 Å². The van der Waals surface area contributed by atoms with Gasteiger partial charge in [-0.15, -0.1) is 0 Å². The highest BCUT2D eigenvalue weighted by molar-refractivity contribution is 7.89. The molecule has 2 aromatic rings. The van der Waals surface area contributed by atoms with Crippen molar-refractivity contribution in [3.63, 3.8) is 0 Å². The predicted octanol–water partition coefficient (Wildman–Crippen LogP) is 2.44. The fraction of sp³-hybridized carbons (Fsp3) is 0.350. The predicted molar refractivity (Wildman–Crippen MR) is 109 cm³/mol. The van der Waals surface area contributed by atoms with Crippen LogP contribution in [0.4, 0.5) is 0 Å². The fourth-order valence-corrected chi connectivity index (χ4v) is 4.29. The van der Waals surface area contributed by atoms with Crippen LogP contribution in [0.15, 0.2) is 47.4 Å². The van der Waals surface area contributed by atoms with Gasteiger partial charge in [-0.3, -0.25) is 4.90 Å². The minimum atomic E-state index is -3.82. The van der Waals surface area contributed by atoms with E-state index in [4.69, 9.17) is 16.3 Å². The van der Waals surface area contributed by atoms with Gasteiger partial charge in [0.2, 0.25) is 10.0 Å². The van der Waals surface area contributed by atoms with E-state index in [1.165, 1.54) is 25.3 Å². The number of rotatable bonds is 7. The van der Waals surface area contributed by atoms with Gasteiger partial charge in [-0.05, 0) is 29.3 Å². The Hall–Kier alpha value is -1.97. The highest BCUT2D eigenvalue weighted by Gasteiger charge is 2.19. The van der Waals surface area contributed by atoms with Crippen molar-refractivity contribution in [3.05, 3.63) is 64.2 Å². The number of nitrogens with zero attached hydrogens (tertiary/aromatic N) is 1. The lowest BCUT2D eigenvalue weighted by molar-refractivity contribution is 0.0342. The van der Waals surface area contributed by atoms with Crippen LogP contribution in [0.5, 0.6) is 0 Å². The molecular formula is C20H23ClN2O5S. The van der Waals surface area contributed by atoms with Gasteiger partial charge in [0.1, 0.15) is 0 Å². The van der Waals surface area contributed by atoms with Crippen LogP contribution in [0.25, 0.3) is 0 Å². The Morgan fingerprint density at radius 3 is 2.62 bits per heavy atom. The number of benzene rings is 2. The van der Waals surface area contributed by atoms with Crippen molar-refractivity contribution >= 4 is 27.6 Å². The van der Waals surface area contributed by atoms with Crippen molar-refractivity contribution in [2.75, 3.05) is 33.4 Å². The molecule has 0 bridgehead atoms. The zero-order valence-corrected chi connectivity index (χ0v) is 17.6. The summed E-state index contributed by atoms with van der Waals surface area (Å²) in [6, 6.07) is 11.7. The number of nitrogens with one attached hydrogen (secondary N) is 1. The Balaban J connectivity index is 1.69. The molecule has 0 radical (unpaired) electrons. The van der Waals surface area contributed by atoms with Gasteiger partial charge in [0.25, 0.3) is 0 Å². The number of hydrogen-bond acceptors (Lipinski definition) is 6. The number of carbonyl (C=O) groups is 1. The number of sulfonamides is 1. The van der Waals surface area contributed by atoms with Crippen LogP contribution in [-0.4, -0.2) is 52.7 Å². The molecule has 1 heterocycles. The van der Waals surface area contributed by atoms with Gasteiger partial charge >= 0.3 is 5.97 Å². The normalized spacial score (nSPS) is 15.2. The molecule has 0 aromatic heterocycles. The second kappa shape index (κ2) is 9.69. The summed E-state index contributed by atoms with van der Waals surface area (Å²) in [5.74, 6) is -0.692. The Labute approximate surface area is 175 Å². The van der Waals surface area contributed by atoms with E-state index in [1.54, 1.807) is 0 Å². The molecule has 1 N–H and O–H groups in total. The number of ether oxygens (including phenoxy) is 2. The maximum absolute atomic E-state index is 12.7. The lowest BCUT2D eigenvalue weighted by Crippen LogP contribution is -2.35. The van der Waals surface area contributed by atoms with E-state index >= 15 is 0 Å². The van der Waals surface area contributed by atoms with Crippen molar-refractivity contribution in [3.8, 4) is 0 Å². The molecule has 0 spiro atoms. The van der Waals surface area contributed by atoms with Gasteiger partial charge in [0, 0.05) is 26.2 Å². The number of esters is 1. The van der Waals surface area contributed by atoms with E-state index in [0.29, 0.717) is 0 Å². The van der Waals surface area contributed by atoms with Crippen LogP contribution in [-0.2, 0) is 32.6 Å². The highest BCUT2D eigenvalue weighted by Crippen LogP contribution is 2.21. The first-order valence-electron chi connectivity index (χ1n) is 9.14. The molecule has 1 aliphatic heterocycles. The van der Waals surface area contributed by atoms with Gasteiger partial charge in [-0.2, -0.15) is 0 Å². The SMILES string of the molecule is COC(=O)c1cc(S(=O)(=O)NCc2cccc(CN3CCOCC3)c2)ccc1Cl. The monoisotopic (exact) mass is 438 g/mol. The smallest absolute Gasteiger partial charge is 0.339 e. The maximum atomic E-state index is 12.7. The topological polar surface area (TPSA) is 84.9 Å². The standard InChI is InChI=1S/C20H23ClN2O5S/c1-27-20(24)18-12-17(5-6-19(18)21)29(25,26)22-13-15-3-2-4-16(11-15)14-23-7-9-28-10-8-23/h2-6,11-12,22H,7-10,13-14H2,1H3. The molecule has 7 nitrogen and oxygen atoms in total. The number of halogens is 1. The Kier molecular flexibility index (Phi) is 7.26. The first-order chi connectivity index (χ1) is 13.9. The third-order valence-corrected chi connectivity index (χ3v) is 6.35. The van der Waals surface area contributed by atoms with E-state index in [-0.39, 0.29) is 22.0 Å². The summed E-state index contributed by atoms with van der Waals surface area (Å²) in [6.45, 7) is 4.16. The van der Waals surface area contributed by atoms with Gasteiger partial charge in [0.05, 0.1) is 35.8 Å². The van der Waals surface area contributed by atoms with E-state index in [2.05, 4.69) is 14.4 Å². The summed E-state index contributed by atoms with van der Waals surface area (Å²) in [7, 11) is -2.61. The fourth-order valence-electron chi connectivity index (χ4n) is 3.06. The second-order valence-corrected chi connectivity index (χ2v) is 8.84. The van der Waals surface area contributed by atoms with E-state index in [9.17, 15) is 13.2 Å². The quantitative estimate of drug-likeness (QED) is 0.668. The summed E-state index contributed by atoms with van der Waals surface area (Å²) in [5.41, 5.74) is 1.97. The molecule has 29 heavy (non-hydrogen) atoms. The van der Waals surface area contributed by atoms with E-state index in [1.807, 2.05) is 24.3 Å². The van der Waals surface area contributed by atoms with Gasteiger partial charge < -0.3 is 9.47 Å². The molecule has 3 rings (SSSR count). The van der Waals surface area contributed by atoms with Gasteiger partial charge in [-0.1, -0.05) is 35.9 Å². The number of morpholine rings is 1. The largest absolute Gasteiger partial charge is 0.465 e. The van der Waals surface area contributed by atoms with Crippen LogP contribution in [0.3, 0.4) is 0 Å². The van der Waals surface area contributed by atoms with Crippen LogP contribution in [0.2, 0.25) is 5.02 Å². The van der Waals surface area contributed by atoms with E-state index < -0.39 is 16.0 Å². The third-order valence-electron chi connectivity index (χ3n) is 4.62. The van der Waals surface area contributed by atoms with Crippen LogP contribution in [0.1, 0.15) is 21.5 Å². The molecule has 156 valence electrons. The molecule has 9 heteroatoms. The average Bonchev–Trinajstić information content (AvgIpc) is 2.73. The molecule has 0 aliphatic carbocycles. The van der Waals surface area contributed by atoms with Crippen molar-refractivity contribution < 1.29 is 22.7 Å². The minimum absolute atomic E-state index is 0.00421. The Morgan fingerprint density at radius 2 is 1.90 bits per heavy atom. The summed E-state index contributed by atoms with van der Waals surface area (Å²) in [4.78, 5) is 14.0. The summed E-state index contributed by atoms with van der Waals surface area (Å²) >= 11 is 5.96. The number of hydrogen-bond donors (Lipinski definition) is 1. The molecule has 2 aromatic carbocycles. The lowest BCUT2D eigenvalue weighted by atomic mass is 10.1. The Morgan fingerprint density at radius 1 is 1.17 bits per heavy atom. The number of methoxy groups -OCH3 is 1. The second-order valence-electron chi connectivity index (χ2n) is 6.67. The Bertz CT molecular complexity index is 975. The first kappa shape index (κ1) is 21.7. The molecule has 0 unspecified atom stereocenters. The maximum Gasteiger partial charge on any atom is 0.339 e. The van der Waals surface area contributed by atoms with Crippen molar-refractivity contribution in [1.82, 2.24) is 9.62 Å². The molecule has 0 saturated carbocycles. The van der Waals surface area contributed by atoms with Crippen LogP contribution in [0, 0.1) is 0 Å². The zero-order chi connectivity index (χ0) is 20.9. The lowest BCUT2D eigenvalue weighted by Gasteiger charge is -2.26. The molecule has 0 amide bonds. The van der Waals surface area contributed by atoms with Crippen LogP contribution >= 0.6 is 11.6 Å². The van der Waals surface area contributed by atoms with Crippen molar-refractivity contribution in [1.29, 1.82) is 0 Å². The third kappa shape index (κ3) is 5.77. The van der Waals surface area contributed by atoms with E-state index in [0.717, 1.165) is 44.0 Å². The average molecular weight is 439 g/mol. The molecule has 1 aliphatic rings. The van der Waals surface area contributed by atoms with Crippen molar-refractivity contribution in [2.45, 2.75) is 18.0 Å². The molecule has 1 saturated heterocycles. The minimum Gasteiger partial charge on any atom is -0.465 e. The molecule has 0 atom stereocenters. The summed E-state index contributed by atoms with van der Waals surface area (Å²) < 4.78 is 37.9. The number of carbonyl (C=O) groups excluding carboxylic acids is 1. The zero-order valence-electron chi connectivity index (χ0n) is 16.1. The first-order valence-corrected chi connectivity index (χ1v) is 11.0.